The Labute approximate surface area is 106 Å². The van der Waals surface area contributed by atoms with Crippen molar-refractivity contribution in [2.75, 3.05) is 0 Å². The molecule has 0 saturated heterocycles. The molecule has 2 aliphatic carbocycles. The molecule has 1 unspecified atom stereocenters. The monoisotopic (exact) mass is 246 g/mol. The Morgan fingerprint density at radius 1 is 1.29 bits per heavy atom. The fourth-order valence-corrected chi connectivity index (χ4v) is 3.55. The van der Waals surface area contributed by atoms with E-state index >= 15 is 0 Å². The van der Waals surface area contributed by atoms with Gasteiger partial charge in [-0.05, 0) is 42.6 Å². The maximum Gasteiger partial charge on any atom is 0.147 e. The number of allylic oxidation sites excluding steroid dienone is 2. The van der Waals surface area contributed by atoms with Gasteiger partial charge in [0.25, 0.3) is 0 Å². The quantitative estimate of drug-likeness (QED) is 0.743. The van der Waals surface area contributed by atoms with E-state index < -0.39 is 0 Å². The maximum absolute atomic E-state index is 10.9. The lowest BCUT2D eigenvalue weighted by atomic mass is 10.0. The lowest BCUT2D eigenvalue weighted by Crippen LogP contribution is -1.95. The number of halogens is 1. The number of aldehydes is 1. The predicted molar refractivity (Wildman–Crippen MR) is 68.8 cm³/mol. The van der Waals surface area contributed by atoms with Crippen molar-refractivity contribution in [3.63, 3.8) is 0 Å². The van der Waals surface area contributed by atoms with Gasteiger partial charge in [-0.2, -0.15) is 0 Å². The third kappa shape index (κ3) is 1.93. The van der Waals surface area contributed by atoms with E-state index in [9.17, 15) is 4.79 Å². The Morgan fingerprint density at radius 2 is 2.06 bits per heavy atom. The topological polar surface area (TPSA) is 17.1 Å². The molecule has 0 aromatic heterocycles. The van der Waals surface area contributed by atoms with Gasteiger partial charge in [-0.15, -0.1) is 0 Å². The molecule has 3 atom stereocenters. The number of fused-ring (bicyclic) bond motifs is 1. The van der Waals surface area contributed by atoms with Gasteiger partial charge in [-0.1, -0.05) is 41.9 Å². The lowest BCUT2D eigenvalue weighted by molar-refractivity contribution is -0.105. The molecule has 88 valence electrons. The van der Waals surface area contributed by atoms with Gasteiger partial charge in [0.15, 0.2) is 0 Å². The Kier molecular flexibility index (Phi) is 2.79. The summed E-state index contributed by atoms with van der Waals surface area (Å²) >= 11 is 6.03. The number of benzene rings is 1. The molecule has 0 amide bonds. The lowest BCUT2D eigenvalue weighted by Gasteiger charge is -2.04. The van der Waals surface area contributed by atoms with Crippen LogP contribution in [0.15, 0.2) is 40.9 Å². The number of hydrogen-bond acceptors (Lipinski definition) is 1. The second-order valence-corrected chi connectivity index (χ2v) is 5.52. The Hall–Kier alpha value is -1.08. The van der Waals surface area contributed by atoms with Gasteiger partial charge in [0, 0.05) is 10.6 Å². The summed E-state index contributed by atoms with van der Waals surface area (Å²) in [6.07, 6.45) is 4.19. The van der Waals surface area contributed by atoms with E-state index in [0.717, 1.165) is 29.7 Å². The maximum atomic E-state index is 10.9. The molecule has 2 aliphatic rings. The van der Waals surface area contributed by atoms with Gasteiger partial charge >= 0.3 is 0 Å². The van der Waals surface area contributed by atoms with Crippen molar-refractivity contribution in [1.82, 2.24) is 0 Å². The first-order valence-electron chi connectivity index (χ1n) is 6.19. The molecule has 1 fully saturated rings. The summed E-state index contributed by atoms with van der Waals surface area (Å²) in [4.78, 5) is 10.9. The van der Waals surface area contributed by atoms with Crippen molar-refractivity contribution in [1.29, 1.82) is 0 Å². The van der Waals surface area contributed by atoms with Crippen molar-refractivity contribution in [2.24, 2.45) is 17.8 Å². The van der Waals surface area contributed by atoms with E-state index in [1.165, 1.54) is 12.0 Å². The summed E-state index contributed by atoms with van der Waals surface area (Å²) in [5.74, 6) is 1.83. The van der Waals surface area contributed by atoms with Crippen LogP contribution < -0.4 is 0 Å². The zero-order valence-electron chi connectivity index (χ0n) is 9.60. The number of aryl methyl sites for hydroxylation is 1. The molecular formula is C15H15ClO. The van der Waals surface area contributed by atoms with E-state index in [1.807, 2.05) is 6.07 Å². The van der Waals surface area contributed by atoms with Gasteiger partial charge in [0.2, 0.25) is 0 Å². The summed E-state index contributed by atoms with van der Waals surface area (Å²) in [5.41, 5.74) is 2.27. The molecular weight excluding hydrogens is 232 g/mol. The second kappa shape index (κ2) is 4.30. The van der Waals surface area contributed by atoms with Gasteiger partial charge in [0.05, 0.1) is 0 Å². The van der Waals surface area contributed by atoms with Crippen molar-refractivity contribution >= 4 is 17.9 Å². The summed E-state index contributed by atoms with van der Waals surface area (Å²) in [6, 6.07) is 10.5. The molecule has 3 rings (SSSR count). The van der Waals surface area contributed by atoms with Crippen LogP contribution in [0.25, 0.3) is 0 Å². The molecule has 17 heavy (non-hydrogen) atoms. The van der Waals surface area contributed by atoms with Crippen LogP contribution >= 0.6 is 11.6 Å². The molecule has 2 heteroatoms. The highest BCUT2D eigenvalue weighted by atomic mass is 35.5. The molecule has 0 heterocycles. The highest BCUT2D eigenvalue weighted by Gasteiger charge is 2.55. The van der Waals surface area contributed by atoms with Crippen LogP contribution in [0.5, 0.6) is 0 Å². The van der Waals surface area contributed by atoms with E-state index in [-0.39, 0.29) is 0 Å². The van der Waals surface area contributed by atoms with Gasteiger partial charge in [-0.25, -0.2) is 0 Å². The zero-order valence-corrected chi connectivity index (χ0v) is 10.4. The first-order valence-corrected chi connectivity index (χ1v) is 6.56. The minimum absolute atomic E-state index is 0.476. The van der Waals surface area contributed by atoms with Crippen molar-refractivity contribution < 1.29 is 4.79 Å². The molecule has 1 saturated carbocycles. The second-order valence-electron chi connectivity index (χ2n) is 5.06. The van der Waals surface area contributed by atoms with E-state index in [1.54, 1.807) is 0 Å². The average Bonchev–Trinajstić information content (AvgIpc) is 2.90. The third-order valence-corrected chi connectivity index (χ3v) is 4.53. The van der Waals surface area contributed by atoms with Crippen LogP contribution in [0, 0.1) is 17.8 Å². The first-order chi connectivity index (χ1) is 8.31. The van der Waals surface area contributed by atoms with Gasteiger partial charge in [0.1, 0.15) is 6.29 Å². The summed E-state index contributed by atoms with van der Waals surface area (Å²) < 4.78 is 0. The largest absolute Gasteiger partial charge is 0.298 e. The molecule has 1 nitrogen and oxygen atoms in total. The molecule has 0 N–H and O–H groups in total. The van der Waals surface area contributed by atoms with Crippen LogP contribution in [0.2, 0.25) is 0 Å². The molecule has 1 aromatic rings. The van der Waals surface area contributed by atoms with Crippen LogP contribution in [0.3, 0.4) is 0 Å². The summed E-state index contributed by atoms with van der Waals surface area (Å²) in [5, 5.41) is 0.811. The van der Waals surface area contributed by atoms with E-state index in [2.05, 4.69) is 24.3 Å². The van der Waals surface area contributed by atoms with Crippen molar-refractivity contribution in [3.8, 4) is 0 Å². The highest BCUT2D eigenvalue weighted by Crippen LogP contribution is 2.61. The highest BCUT2D eigenvalue weighted by molar-refractivity contribution is 6.31. The fraction of sp³-hybridized carbons (Fsp3) is 0.400. The van der Waals surface area contributed by atoms with Gasteiger partial charge in [-0.3, -0.25) is 4.79 Å². The number of rotatable bonds is 4. The molecule has 1 aromatic carbocycles. The Balaban J connectivity index is 1.59. The van der Waals surface area contributed by atoms with E-state index in [4.69, 9.17) is 11.6 Å². The predicted octanol–water partition coefficient (Wildman–Crippen LogP) is 3.58. The fourth-order valence-electron chi connectivity index (χ4n) is 3.20. The zero-order chi connectivity index (χ0) is 11.8. The van der Waals surface area contributed by atoms with Crippen LogP contribution in [0.4, 0.5) is 0 Å². The number of carbonyl (C=O) groups excluding carboxylic acids is 1. The van der Waals surface area contributed by atoms with Crippen LogP contribution in [-0.2, 0) is 11.2 Å². The van der Waals surface area contributed by atoms with Crippen LogP contribution in [-0.4, -0.2) is 6.29 Å². The summed E-state index contributed by atoms with van der Waals surface area (Å²) in [7, 11) is 0. The van der Waals surface area contributed by atoms with Crippen LogP contribution in [0.1, 0.15) is 18.4 Å². The molecule has 0 spiro atoms. The third-order valence-electron chi connectivity index (χ3n) is 4.16. The Morgan fingerprint density at radius 3 is 2.76 bits per heavy atom. The van der Waals surface area contributed by atoms with Crippen molar-refractivity contribution in [2.45, 2.75) is 19.3 Å². The van der Waals surface area contributed by atoms with Gasteiger partial charge < -0.3 is 0 Å². The van der Waals surface area contributed by atoms with E-state index in [0.29, 0.717) is 17.8 Å². The smallest absolute Gasteiger partial charge is 0.147 e. The molecule has 0 aliphatic heterocycles. The minimum atomic E-state index is 0.476. The number of hydrogen-bond donors (Lipinski definition) is 0. The standard InChI is InChI=1S/C15H15ClO/c16-14-8-12-11(15(12)13(14)9-17)7-6-10-4-2-1-3-5-10/h1-5,9,11-12,15H,6-8H2/t11?,12-,15+/m1/s1. The molecule has 0 radical (unpaired) electrons. The number of carbonyl (C=O) groups is 1. The SMILES string of the molecule is O=CC1=C(Cl)C[C@@H]2C(CCc3ccccc3)[C@H]12. The summed E-state index contributed by atoms with van der Waals surface area (Å²) in [6.45, 7) is 0. The first kappa shape index (κ1) is 11.0. The normalized spacial score (nSPS) is 30.3. The van der Waals surface area contributed by atoms with Crippen molar-refractivity contribution in [3.05, 3.63) is 46.5 Å². The Bertz CT molecular complexity index is 463. The average molecular weight is 247 g/mol. The minimum Gasteiger partial charge on any atom is -0.298 e. The molecule has 0 bridgehead atoms.